The molecule has 2 heterocycles. The molecule has 134 valence electrons. The number of amides is 1. The molecule has 0 aromatic carbocycles. The van der Waals surface area contributed by atoms with Crippen molar-refractivity contribution >= 4 is 5.91 Å². The highest BCUT2D eigenvalue weighted by atomic mass is 16.3. The number of nitrogens with zero attached hydrogens (tertiary/aromatic N) is 5. The van der Waals surface area contributed by atoms with E-state index in [0.717, 1.165) is 37.1 Å². The lowest BCUT2D eigenvalue weighted by atomic mass is 9.79. The van der Waals surface area contributed by atoms with E-state index in [1.807, 2.05) is 13.2 Å². The molecule has 2 N–H and O–H groups in total. The monoisotopic (exact) mass is 344 g/mol. The highest BCUT2D eigenvalue weighted by Crippen LogP contribution is 2.42. The highest BCUT2D eigenvalue weighted by molar-refractivity contribution is 5.76. The van der Waals surface area contributed by atoms with Crippen molar-refractivity contribution in [3.8, 4) is 0 Å². The van der Waals surface area contributed by atoms with E-state index in [1.165, 1.54) is 0 Å². The van der Waals surface area contributed by atoms with Crippen molar-refractivity contribution in [2.45, 2.75) is 63.1 Å². The lowest BCUT2D eigenvalue weighted by Gasteiger charge is -2.35. The smallest absolute Gasteiger partial charge is 0.220 e. The van der Waals surface area contributed by atoms with Crippen molar-refractivity contribution in [2.24, 2.45) is 7.05 Å². The Labute approximate surface area is 146 Å². The van der Waals surface area contributed by atoms with Gasteiger partial charge in [0.05, 0.1) is 6.20 Å². The van der Waals surface area contributed by atoms with Crippen LogP contribution in [0, 0.1) is 0 Å². The fraction of sp³-hybridized carbons (Fsp3) is 0.647. The Morgan fingerprint density at radius 1 is 1.36 bits per heavy atom. The van der Waals surface area contributed by atoms with Crippen LogP contribution >= 0.6 is 0 Å². The first-order valence-electron chi connectivity index (χ1n) is 8.95. The number of aryl methyl sites for hydroxylation is 2. The number of aliphatic hydroxyl groups excluding tert-OH is 1. The van der Waals surface area contributed by atoms with Crippen molar-refractivity contribution in [2.75, 3.05) is 0 Å². The summed E-state index contributed by atoms with van der Waals surface area (Å²) in [5.41, 5.74) is 1.08. The number of rotatable bonds is 7. The Morgan fingerprint density at radius 2 is 2.16 bits per heavy atom. The Balaban J connectivity index is 1.26. The fourth-order valence-corrected chi connectivity index (χ4v) is 3.56. The predicted octanol–water partition coefficient (Wildman–Crippen LogP) is 0.834. The molecule has 25 heavy (non-hydrogen) atoms. The molecule has 8 nitrogen and oxygen atoms in total. The van der Waals surface area contributed by atoms with Gasteiger partial charge >= 0.3 is 0 Å². The number of hydrogen-bond acceptors (Lipinski definition) is 5. The number of nitrogens with one attached hydrogen (secondary N) is 1. The topological polar surface area (TPSA) is 97.9 Å². The van der Waals surface area contributed by atoms with E-state index < -0.39 is 0 Å². The molecule has 0 atom stereocenters. The highest BCUT2D eigenvalue weighted by Gasteiger charge is 2.38. The Hall–Kier alpha value is -2.22. The molecule has 2 aromatic rings. The maximum Gasteiger partial charge on any atom is 0.220 e. The number of aromatic nitrogens is 5. The van der Waals surface area contributed by atoms with Gasteiger partial charge in [-0.15, -0.1) is 10.2 Å². The molecule has 1 amide bonds. The third-order valence-corrected chi connectivity index (χ3v) is 5.11. The van der Waals surface area contributed by atoms with Crippen LogP contribution in [-0.4, -0.2) is 41.6 Å². The van der Waals surface area contributed by atoms with E-state index in [9.17, 15) is 9.90 Å². The summed E-state index contributed by atoms with van der Waals surface area (Å²) in [5.74, 6) is 2.07. The third-order valence-electron chi connectivity index (χ3n) is 5.11. The van der Waals surface area contributed by atoms with Gasteiger partial charge in [0.1, 0.15) is 12.4 Å². The van der Waals surface area contributed by atoms with Gasteiger partial charge in [0.2, 0.25) is 5.91 Å². The molecule has 2 aliphatic carbocycles. The first-order chi connectivity index (χ1) is 12.1. The summed E-state index contributed by atoms with van der Waals surface area (Å²) in [6, 6.07) is 0.675. The average Bonchev–Trinajstić information content (AvgIpc) is 3.18. The minimum atomic E-state index is -0.0648. The Bertz CT molecular complexity index is 757. The summed E-state index contributed by atoms with van der Waals surface area (Å²) in [6.45, 7) is -0.0648. The molecule has 0 saturated heterocycles. The van der Waals surface area contributed by atoms with E-state index in [1.54, 1.807) is 10.9 Å². The van der Waals surface area contributed by atoms with Crippen molar-refractivity contribution in [1.29, 1.82) is 0 Å². The number of aliphatic hydroxyl groups is 1. The van der Waals surface area contributed by atoms with Crippen LogP contribution in [0.15, 0.2) is 12.4 Å². The van der Waals surface area contributed by atoms with Crippen LogP contribution in [0.3, 0.4) is 0 Å². The Kier molecular flexibility index (Phi) is 4.29. The number of hydrogen-bond donors (Lipinski definition) is 2. The molecule has 8 heteroatoms. The summed E-state index contributed by atoms with van der Waals surface area (Å²) in [7, 11) is 1.88. The molecule has 4 rings (SSSR count). The van der Waals surface area contributed by atoms with E-state index in [4.69, 9.17) is 0 Å². The number of carbonyl (C=O) groups is 1. The molecule has 2 fully saturated rings. The van der Waals surface area contributed by atoms with Crippen LogP contribution in [0.25, 0.3) is 0 Å². The third kappa shape index (κ3) is 3.44. The SMILES string of the molecule is Cn1cc(CCC(=O)NC2CC(c3nnc(CO)n3C3CC3)C2)cn1. The average molecular weight is 344 g/mol. The summed E-state index contributed by atoms with van der Waals surface area (Å²) in [5, 5.41) is 25.1. The largest absolute Gasteiger partial charge is 0.388 e. The van der Waals surface area contributed by atoms with Gasteiger partial charge in [-0.05, 0) is 37.7 Å². The van der Waals surface area contributed by atoms with Crippen molar-refractivity contribution < 1.29 is 9.90 Å². The van der Waals surface area contributed by atoms with Crippen molar-refractivity contribution in [3.63, 3.8) is 0 Å². The quantitative estimate of drug-likeness (QED) is 0.775. The molecule has 2 saturated carbocycles. The first-order valence-corrected chi connectivity index (χ1v) is 8.95. The molecule has 0 aliphatic heterocycles. The lowest BCUT2D eigenvalue weighted by Crippen LogP contribution is -2.44. The molecule has 0 bridgehead atoms. The van der Waals surface area contributed by atoms with E-state index >= 15 is 0 Å². The maximum absolute atomic E-state index is 12.1. The van der Waals surface area contributed by atoms with Crippen molar-refractivity contribution in [1.82, 2.24) is 29.9 Å². The van der Waals surface area contributed by atoms with Crippen LogP contribution < -0.4 is 5.32 Å². The van der Waals surface area contributed by atoms with Gasteiger partial charge in [0, 0.05) is 37.7 Å². The van der Waals surface area contributed by atoms with Crippen LogP contribution in [0.2, 0.25) is 0 Å². The fourth-order valence-electron chi connectivity index (χ4n) is 3.56. The van der Waals surface area contributed by atoms with Crippen LogP contribution in [0.1, 0.15) is 61.3 Å². The zero-order valence-corrected chi connectivity index (χ0v) is 14.4. The van der Waals surface area contributed by atoms with Gasteiger partial charge in [0.15, 0.2) is 5.82 Å². The summed E-state index contributed by atoms with van der Waals surface area (Å²) in [4.78, 5) is 12.1. The van der Waals surface area contributed by atoms with Crippen LogP contribution in [-0.2, 0) is 24.9 Å². The van der Waals surface area contributed by atoms with Gasteiger partial charge in [-0.25, -0.2) is 0 Å². The van der Waals surface area contributed by atoms with Crippen molar-refractivity contribution in [3.05, 3.63) is 29.6 Å². The van der Waals surface area contributed by atoms with Gasteiger partial charge in [-0.2, -0.15) is 5.10 Å². The van der Waals surface area contributed by atoms with E-state index in [2.05, 4.69) is 25.2 Å². The zero-order chi connectivity index (χ0) is 17.4. The molecule has 2 aliphatic rings. The van der Waals surface area contributed by atoms with Crippen LogP contribution in [0.5, 0.6) is 0 Å². The predicted molar refractivity (Wildman–Crippen MR) is 89.7 cm³/mol. The van der Waals surface area contributed by atoms with E-state index in [0.29, 0.717) is 30.6 Å². The second-order valence-corrected chi connectivity index (χ2v) is 7.19. The standard InChI is InChI=1S/C17H24N6O2/c1-22-9-11(8-18-22)2-5-16(25)19-13-6-12(7-13)17-21-20-15(10-24)23(17)14-3-4-14/h8-9,12-14,24H,2-7,10H2,1H3,(H,19,25). The second kappa shape index (κ2) is 6.59. The zero-order valence-electron chi connectivity index (χ0n) is 14.4. The molecule has 0 spiro atoms. The maximum atomic E-state index is 12.1. The van der Waals surface area contributed by atoms with Gasteiger partial charge in [0.25, 0.3) is 0 Å². The lowest BCUT2D eigenvalue weighted by molar-refractivity contribution is -0.122. The second-order valence-electron chi connectivity index (χ2n) is 7.19. The minimum absolute atomic E-state index is 0.0648. The van der Waals surface area contributed by atoms with Gasteiger partial charge in [-0.3, -0.25) is 9.48 Å². The normalized spacial score (nSPS) is 22.6. The molecule has 0 unspecified atom stereocenters. The first kappa shape index (κ1) is 16.3. The molecule has 2 aromatic heterocycles. The molecule has 0 radical (unpaired) electrons. The summed E-state index contributed by atoms with van der Waals surface area (Å²) in [6.07, 6.45) is 9.01. The van der Waals surface area contributed by atoms with Gasteiger partial charge in [-0.1, -0.05) is 0 Å². The Morgan fingerprint density at radius 3 is 2.80 bits per heavy atom. The summed E-state index contributed by atoms with van der Waals surface area (Å²) < 4.78 is 3.87. The summed E-state index contributed by atoms with van der Waals surface area (Å²) >= 11 is 0. The molecular formula is C17H24N6O2. The minimum Gasteiger partial charge on any atom is -0.388 e. The van der Waals surface area contributed by atoms with Gasteiger partial charge < -0.3 is 15.0 Å². The van der Waals surface area contributed by atoms with E-state index in [-0.39, 0.29) is 18.6 Å². The van der Waals surface area contributed by atoms with Crippen LogP contribution in [0.4, 0.5) is 0 Å². The molecular weight excluding hydrogens is 320 g/mol. The number of carbonyl (C=O) groups excluding carboxylic acids is 1.